The molecular weight excluding hydrogens is 178 g/mol. The maximum atomic E-state index is 5.75. The van der Waals surface area contributed by atoms with Gasteiger partial charge in [-0.15, -0.1) is 0 Å². The fourth-order valence-corrected chi connectivity index (χ4v) is 1.30. The van der Waals surface area contributed by atoms with E-state index in [9.17, 15) is 0 Å². The number of benzene rings is 1. The van der Waals surface area contributed by atoms with Gasteiger partial charge < -0.3 is 15.9 Å². The summed E-state index contributed by atoms with van der Waals surface area (Å²) in [7, 11) is 0. The van der Waals surface area contributed by atoms with E-state index in [0.717, 1.165) is 5.52 Å². The van der Waals surface area contributed by atoms with Crippen molar-refractivity contribution in [1.82, 2.24) is 4.98 Å². The predicted molar refractivity (Wildman–Crippen MR) is 55.9 cm³/mol. The van der Waals surface area contributed by atoms with Gasteiger partial charge in [-0.2, -0.15) is 0 Å². The minimum atomic E-state index is 0.127. The molecule has 0 aliphatic carbocycles. The maximum Gasteiger partial charge on any atom is 0.199 e. The highest BCUT2D eigenvalue weighted by molar-refractivity contribution is 5.84. The zero-order chi connectivity index (χ0) is 10.1. The van der Waals surface area contributed by atoms with Crippen LogP contribution in [0.3, 0.4) is 0 Å². The van der Waals surface area contributed by atoms with Crippen molar-refractivity contribution < 1.29 is 4.42 Å². The molecule has 1 aromatic heterocycles. The van der Waals surface area contributed by atoms with Gasteiger partial charge in [0.15, 0.2) is 11.5 Å². The lowest BCUT2D eigenvalue weighted by atomic mass is 10.2. The second-order valence-corrected chi connectivity index (χ2v) is 3.38. The average Bonchev–Trinajstić information content (AvgIpc) is 2.62. The summed E-state index contributed by atoms with van der Waals surface area (Å²) in [6.07, 6.45) is 0. The summed E-state index contributed by atoms with van der Waals surface area (Å²) in [6, 6.07) is 5.53. The lowest BCUT2D eigenvalue weighted by Crippen LogP contribution is -2.08. The first-order valence-electron chi connectivity index (χ1n) is 4.57. The Hall–Kier alpha value is -1.55. The van der Waals surface area contributed by atoms with Crippen molar-refractivity contribution in [1.29, 1.82) is 0 Å². The Morgan fingerprint density at radius 3 is 2.93 bits per heavy atom. The Labute approximate surface area is 81.9 Å². The quantitative estimate of drug-likeness (QED) is 0.704. The molecule has 0 amide bonds. The van der Waals surface area contributed by atoms with Gasteiger partial charge in [-0.05, 0) is 12.1 Å². The molecule has 4 N–H and O–H groups in total. The molecule has 0 spiro atoms. The number of nitrogen functional groups attached to an aromatic ring is 1. The van der Waals surface area contributed by atoms with E-state index in [-0.39, 0.29) is 5.92 Å². The summed E-state index contributed by atoms with van der Waals surface area (Å²) in [5.41, 5.74) is 13.3. The minimum Gasteiger partial charge on any atom is -0.438 e. The highest BCUT2D eigenvalue weighted by atomic mass is 16.3. The summed E-state index contributed by atoms with van der Waals surface area (Å²) in [5.74, 6) is 0.780. The molecule has 0 bridgehead atoms. The van der Waals surface area contributed by atoms with Crippen molar-refractivity contribution in [3.05, 3.63) is 24.1 Å². The molecule has 1 aromatic carbocycles. The van der Waals surface area contributed by atoms with Crippen LogP contribution in [0.4, 0.5) is 5.69 Å². The molecule has 0 saturated carbocycles. The third kappa shape index (κ3) is 1.33. The molecule has 1 heterocycles. The second kappa shape index (κ2) is 3.31. The number of anilines is 1. The number of nitrogens with two attached hydrogens (primary N) is 2. The smallest absolute Gasteiger partial charge is 0.199 e. The third-order valence-electron chi connectivity index (χ3n) is 2.24. The topological polar surface area (TPSA) is 78.1 Å². The van der Waals surface area contributed by atoms with E-state index in [0.29, 0.717) is 23.7 Å². The molecule has 2 aromatic rings. The minimum absolute atomic E-state index is 0.127. The first-order valence-corrected chi connectivity index (χ1v) is 4.57. The largest absolute Gasteiger partial charge is 0.438 e. The fraction of sp³-hybridized carbons (Fsp3) is 0.300. The zero-order valence-corrected chi connectivity index (χ0v) is 8.03. The fourth-order valence-electron chi connectivity index (χ4n) is 1.30. The number of fused-ring (bicyclic) bond motifs is 1. The standard InChI is InChI=1S/C10H13N3O/c1-6(5-11)10-13-8-4-2-3-7(12)9(8)14-10/h2-4,6H,5,11-12H2,1H3. The number of hydrogen-bond donors (Lipinski definition) is 2. The first-order chi connectivity index (χ1) is 6.72. The summed E-state index contributed by atoms with van der Waals surface area (Å²) < 4.78 is 5.54. The molecule has 0 aliphatic rings. The second-order valence-electron chi connectivity index (χ2n) is 3.38. The molecule has 0 radical (unpaired) electrons. The number of aromatic nitrogens is 1. The van der Waals surface area contributed by atoms with E-state index >= 15 is 0 Å². The Kier molecular flexibility index (Phi) is 2.13. The van der Waals surface area contributed by atoms with Crippen LogP contribution in [0.1, 0.15) is 18.7 Å². The summed E-state index contributed by atoms with van der Waals surface area (Å²) >= 11 is 0. The van der Waals surface area contributed by atoms with E-state index in [2.05, 4.69) is 4.98 Å². The molecular formula is C10H13N3O. The van der Waals surface area contributed by atoms with Crippen molar-refractivity contribution in [3.8, 4) is 0 Å². The van der Waals surface area contributed by atoms with Crippen LogP contribution in [0.25, 0.3) is 11.1 Å². The molecule has 4 heteroatoms. The Balaban J connectivity index is 2.56. The van der Waals surface area contributed by atoms with Crippen molar-refractivity contribution >= 4 is 16.8 Å². The Morgan fingerprint density at radius 1 is 1.50 bits per heavy atom. The van der Waals surface area contributed by atoms with Crippen molar-refractivity contribution in [2.75, 3.05) is 12.3 Å². The molecule has 4 nitrogen and oxygen atoms in total. The predicted octanol–water partition coefficient (Wildman–Crippen LogP) is 1.47. The number of rotatable bonds is 2. The molecule has 1 atom stereocenters. The van der Waals surface area contributed by atoms with Crippen LogP contribution >= 0.6 is 0 Å². The molecule has 14 heavy (non-hydrogen) atoms. The lowest BCUT2D eigenvalue weighted by Gasteiger charge is -2.00. The monoisotopic (exact) mass is 191 g/mol. The van der Waals surface area contributed by atoms with E-state index in [1.54, 1.807) is 6.07 Å². The van der Waals surface area contributed by atoms with Crippen LogP contribution in [0.15, 0.2) is 22.6 Å². The first kappa shape index (κ1) is 9.02. The van der Waals surface area contributed by atoms with Gasteiger partial charge in [0.2, 0.25) is 0 Å². The van der Waals surface area contributed by atoms with Crippen molar-refractivity contribution in [2.24, 2.45) is 5.73 Å². The van der Waals surface area contributed by atoms with Gasteiger partial charge in [-0.1, -0.05) is 13.0 Å². The summed E-state index contributed by atoms with van der Waals surface area (Å²) in [6.45, 7) is 2.49. The van der Waals surface area contributed by atoms with Crippen LogP contribution in [-0.4, -0.2) is 11.5 Å². The summed E-state index contributed by atoms with van der Waals surface area (Å²) in [5, 5.41) is 0. The molecule has 2 rings (SSSR count). The number of nitrogens with zero attached hydrogens (tertiary/aromatic N) is 1. The van der Waals surface area contributed by atoms with Crippen LogP contribution < -0.4 is 11.5 Å². The molecule has 74 valence electrons. The molecule has 0 fully saturated rings. The van der Waals surface area contributed by atoms with Gasteiger partial charge in [0.25, 0.3) is 0 Å². The van der Waals surface area contributed by atoms with E-state index in [1.807, 2.05) is 19.1 Å². The zero-order valence-electron chi connectivity index (χ0n) is 8.03. The number of oxazole rings is 1. The van der Waals surface area contributed by atoms with Crippen LogP contribution in [-0.2, 0) is 0 Å². The van der Waals surface area contributed by atoms with Gasteiger partial charge in [-0.25, -0.2) is 4.98 Å². The highest BCUT2D eigenvalue weighted by Crippen LogP contribution is 2.24. The SMILES string of the molecule is CC(CN)c1nc2cccc(N)c2o1. The summed E-state index contributed by atoms with van der Waals surface area (Å²) in [4.78, 5) is 4.32. The van der Waals surface area contributed by atoms with Crippen LogP contribution in [0.2, 0.25) is 0 Å². The Bertz CT molecular complexity index is 450. The lowest BCUT2D eigenvalue weighted by molar-refractivity contribution is 0.490. The average molecular weight is 191 g/mol. The van der Waals surface area contributed by atoms with Gasteiger partial charge in [-0.3, -0.25) is 0 Å². The van der Waals surface area contributed by atoms with Gasteiger partial charge in [0, 0.05) is 12.5 Å². The van der Waals surface area contributed by atoms with E-state index in [4.69, 9.17) is 15.9 Å². The molecule has 0 saturated heterocycles. The molecule has 1 unspecified atom stereocenters. The Morgan fingerprint density at radius 2 is 2.29 bits per heavy atom. The van der Waals surface area contributed by atoms with Gasteiger partial charge in [0.1, 0.15) is 5.52 Å². The van der Waals surface area contributed by atoms with Gasteiger partial charge in [0.05, 0.1) is 5.69 Å². The van der Waals surface area contributed by atoms with Crippen LogP contribution in [0.5, 0.6) is 0 Å². The normalized spacial score (nSPS) is 13.3. The third-order valence-corrected chi connectivity index (χ3v) is 2.24. The van der Waals surface area contributed by atoms with E-state index < -0.39 is 0 Å². The number of hydrogen-bond acceptors (Lipinski definition) is 4. The molecule has 0 aliphatic heterocycles. The van der Waals surface area contributed by atoms with Crippen molar-refractivity contribution in [3.63, 3.8) is 0 Å². The number of para-hydroxylation sites is 1. The van der Waals surface area contributed by atoms with E-state index in [1.165, 1.54) is 0 Å². The van der Waals surface area contributed by atoms with Crippen molar-refractivity contribution in [2.45, 2.75) is 12.8 Å². The maximum absolute atomic E-state index is 5.75. The highest BCUT2D eigenvalue weighted by Gasteiger charge is 2.12. The van der Waals surface area contributed by atoms with Crippen LogP contribution in [0, 0.1) is 0 Å². The van der Waals surface area contributed by atoms with Gasteiger partial charge >= 0.3 is 0 Å².